The first kappa shape index (κ1) is 12.8. The lowest BCUT2D eigenvalue weighted by Gasteiger charge is -2.24. The van der Waals surface area contributed by atoms with Crippen molar-refractivity contribution < 1.29 is 9.59 Å². The predicted octanol–water partition coefficient (Wildman–Crippen LogP) is 0.0435. The van der Waals surface area contributed by atoms with E-state index in [0.29, 0.717) is 11.4 Å². The first-order valence-corrected chi connectivity index (χ1v) is 5.01. The fraction of sp³-hybridized carbons (Fsp3) is 0.273. The van der Waals surface area contributed by atoms with E-state index in [2.05, 4.69) is 5.32 Å². The molecule has 0 saturated heterocycles. The van der Waals surface area contributed by atoms with Crippen molar-refractivity contribution in [2.24, 2.45) is 11.5 Å². The number of carbonyl (C=O) groups excluding carboxylic acids is 2. The summed E-state index contributed by atoms with van der Waals surface area (Å²) in [4.78, 5) is 22.3. The smallest absolute Gasteiger partial charge is 0.250 e. The highest BCUT2D eigenvalue weighted by Gasteiger charge is 2.24. The molecule has 92 valence electrons. The minimum absolute atomic E-state index is 0.204. The molecule has 1 rings (SSSR count). The minimum atomic E-state index is -0.926. The Balaban J connectivity index is 3.05. The first-order chi connectivity index (χ1) is 7.74. The van der Waals surface area contributed by atoms with Crippen LogP contribution >= 0.6 is 0 Å². The van der Waals surface area contributed by atoms with Gasteiger partial charge in [-0.05, 0) is 32.0 Å². The number of hydrogen-bond acceptors (Lipinski definition) is 4. The van der Waals surface area contributed by atoms with Crippen LogP contribution in [0.15, 0.2) is 18.2 Å². The van der Waals surface area contributed by atoms with Gasteiger partial charge in [-0.15, -0.1) is 0 Å². The van der Waals surface area contributed by atoms with Crippen LogP contribution in [0, 0.1) is 0 Å². The molecular weight excluding hydrogens is 220 g/mol. The zero-order chi connectivity index (χ0) is 13.2. The lowest BCUT2D eigenvalue weighted by molar-refractivity contribution is -0.121. The third-order valence-corrected chi connectivity index (χ3v) is 2.39. The zero-order valence-electron chi connectivity index (χ0n) is 9.78. The van der Waals surface area contributed by atoms with E-state index in [1.54, 1.807) is 26.0 Å². The lowest BCUT2D eigenvalue weighted by atomic mass is 10.0. The van der Waals surface area contributed by atoms with Gasteiger partial charge in [-0.2, -0.15) is 0 Å². The van der Waals surface area contributed by atoms with Crippen LogP contribution in [-0.4, -0.2) is 17.4 Å². The second kappa shape index (κ2) is 4.32. The monoisotopic (exact) mass is 236 g/mol. The molecule has 0 saturated carbocycles. The highest BCUT2D eigenvalue weighted by molar-refractivity contribution is 5.99. The average Bonchev–Trinajstić information content (AvgIpc) is 2.20. The Morgan fingerprint density at radius 1 is 1.24 bits per heavy atom. The van der Waals surface area contributed by atoms with Gasteiger partial charge in [0.05, 0.1) is 5.56 Å². The number of nitrogen functional groups attached to an aromatic ring is 1. The molecule has 0 atom stereocenters. The third-order valence-electron chi connectivity index (χ3n) is 2.39. The molecule has 0 spiro atoms. The topological polar surface area (TPSA) is 124 Å². The molecule has 2 amide bonds. The van der Waals surface area contributed by atoms with E-state index in [1.165, 1.54) is 6.07 Å². The van der Waals surface area contributed by atoms with Crippen LogP contribution in [0.2, 0.25) is 0 Å². The Morgan fingerprint density at radius 3 is 2.29 bits per heavy atom. The molecule has 1 aromatic rings. The maximum Gasteiger partial charge on any atom is 0.250 e. The van der Waals surface area contributed by atoms with E-state index in [1.807, 2.05) is 0 Å². The molecule has 6 nitrogen and oxygen atoms in total. The summed E-state index contributed by atoms with van der Waals surface area (Å²) in [6.07, 6.45) is 0. The van der Waals surface area contributed by atoms with Gasteiger partial charge in [-0.1, -0.05) is 0 Å². The van der Waals surface area contributed by atoms with Crippen molar-refractivity contribution in [2.45, 2.75) is 19.4 Å². The van der Waals surface area contributed by atoms with Gasteiger partial charge in [0.1, 0.15) is 5.54 Å². The largest absolute Gasteiger partial charge is 0.398 e. The van der Waals surface area contributed by atoms with Crippen LogP contribution in [0.25, 0.3) is 0 Å². The molecule has 17 heavy (non-hydrogen) atoms. The van der Waals surface area contributed by atoms with Crippen LogP contribution in [0.4, 0.5) is 11.4 Å². The summed E-state index contributed by atoms with van der Waals surface area (Å²) in [5.41, 5.74) is 16.1. The number of carbonyl (C=O) groups is 2. The number of hydrogen-bond donors (Lipinski definition) is 4. The van der Waals surface area contributed by atoms with Crippen molar-refractivity contribution in [3.8, 4) is 0 Å². The number of nitrogens with two attached hydrogens (primary N) is 3. The Labute approximate surface area is 99.1 Å². The fourth-order valence-corrected chi connectivity index (χ4v) is 1.27. The molecule has 0 heterocycles. The van der Waals surface area contributed by atoms with E-state index in [4.69, 9.17) is 17.2 Å². The van der Waals surface area contributed by atoms with Crippen LogP contribution in [0.3, 0.4) is 0 Å². The Hall–Kier alpha value is -2.24. The van der Waals surface area contributed by atoms with E-state index in [0.717, 1.165) is 0 Å². The summed E-state index contributed by atoms with van der Waals surface area (Å²) in [5.74, 6) is -1.13. The summed E-state index contributed by atoms with van der Waals surface area (Å²) in [7, 11) is 0. The summed E-state index contributed by atoms with van der Waals surface area (Å²) in [6.45, 7) is 3.27. The standard InChI is InChI=1S/C11H16N4O2/c1-11(2,10(14)17)15-6-3-4-8(12)7(5-6)9(13)16/h3-5,15H,12H2,1-2H3,(H2,13,16)(H2,14,17). The van der Waals surface area contributed by atoms with Crippen molar-refractivity contribution in [3.63, 3.8) is 0 Å². The number of rotatable bonds is 4. The van der Waals surface area contributed by atoms with Crippen LogP contribution < -0.4 is 22.5 Å². The van der Waals surface area contributed by atoms with Crippen LogP contribution in [0.1, 0.15) is 24.2 Å². The van der Waals surface area contributed by atoms with E-state index < -0.39 is 17.4 Å². The second-order valence-corrected chi connectivity index (χ2v) is 4.28. The average molecular weight is 236 g/mol. The van der Waals surface area contributed by atoms with Crippen LogP contribution in [-0.2, 0) is 4.79 Å². The lowest BCUT2D eigenvalue weighted by Crippen LogP contribution is -2.45. The van der Waals surface area contributed by atoms with Gasteiger partial charge in [-0.3, -0.25) is 9.59 Å². The fourth-order valence-electron chi connectivity index (χ4n) is 1.27. The summed E-state index contributed by atoms with van der Waals surface area (Å²) in [5, 5.41) is 2.90. The van der Waals surface area contributed by atoms with Gasteiger partial charge >= 0.3 is 0 Å². The molecule has 0 bridgehead atoms. The molecule has 0 radical (unpaired) electrons. The Morgan fingerprint density at radius 2 is 1.82 bits per heavy atom. The maximum absolute atomic E-state index is 11.2. The highest BCUT2D eigenvalue weighted by Crippen LogP contribution is 2.20. The highest BCUT2D eigenvalue weighted by atomic mass is 16.1. The van der Waals surface area contributed by atoms with Gasteiger partial charge in [0.15, 0.2) is 0 Å². The second-order valence-electron chi connectivity index (χ2n) is 4.28. The van der Waals surface area contributed by atoms with E-state index in [-0.39, 0.29) is 5.56 Å². The molecule has 0 aliphatic rings. The van der Waals surface area contributed by atoms with Gasteiger partial charge < -0.3 is 22.5 Å². The quantitative estimate of drug-likeness (QED) is 0.551. The number of primary amides is 2. The molecule has 0 fully saturated rings. The van der Waals surface area contributed by atoms with Crippen molar-refractivity contribution in [1.29, 1.82) is 0 Å². The zero-order valence-corrected chi connectivity index (χ0v) is 9.78. The van der Waals surface area contributed by atoms with Gasteiger partial charge in [0, 0.05) is 11.4 Å². The molecule has 1 aromatic carbocycles. The van der Waals surface area contributed by atoms with Gasteiger partial charge in [-0.25, -0.2) is 0 Å². The SMILES string of the molecule is CC(C)(Nc1ccc(N)c(C(N)=O)c1)C(N)=O. The predicted molar refractivity (Wildman–Crippen MR) is 66.3 cm³/mol. The Kier molecular flexibility index (Phi) is 3.26. The van der Waals surface area contributed by atoms with Gasteiger partial charge in [0.25, 0.3) is 5.91 Å². The van der Waals surface area contributed by atoms with E-state index in [9.17, 15) is 9.59 Å². The van der Waals surface area contributed by atoms with Gasteiger partial charge in [0.2, 0.25) is 5.91 Å². The normalized spacial score (nSPS) is 10.9. The molecule has 0 aliphatic carbocycles. The Bertz CT molecular complexity index is 469. The summed E-state index contributed by atoms with van der Waals surface area (Å²) >= 11 is 0. The molecule has 7 N–H and O–H groups in total. The molecule has 0 unspecified atom stereocenters. The number of anilines is 2. The number of benzene rings is 1. The van der Waals surface area contributed by atoms with Crippen LogP contribution in [0.5, 0.6) is 0 Å². The maximum atomic E-state index is 11.2. The minimum Gasteiger partial charge on any atom is -0.398 e. The summed E-state index contributed by atoms with van der Waals surface area (Å²) in [6, 6.07) is 4.67. The number of amides is 2. The molecule has 6 heteroatoms. The third kappa shape index (κ3) is 2.87. The molecule has 0 aromatic heterocycles. The van der Waals surface area contributed by atoms with Crippen molar-refractivity contribution >= 4 is 23.2 Å². The van der Waals surface area contributed by atoms with Crippen molar-refractivity contribution in [1.82, 2.24) is 0 Å². The number of nitrogens with one attached hydrogen (secondary N) is 1. The molecule has 0 aliphatic heterocycles. The van der Waals surface area contributed by atoms with E-state index >= 15 is 0 Å². The van der Waals surface area contributed by atoms with Crippen molar-refractivity contribution in [2.75, 3.05) is 11.1 Å². The first-order valence-electron chi connectivity index (χ1n) is 5.01. The molecular formula is C11H16N4O2. The summed E-state index contributed by atoms with van der Waals surface area (Å²) < 4.78 is 0. The van der Waals surface area contributed by atoms with Crippen molar-refractivity contribution in [3.05, 3.63) is 23.8 Å².